The second kappa shape index (κ2) is 6.95. The van der Waals surface area contributed by atoms with Gasteiger partial charge in [-0.3, -0.25) is 4.79 Å². The highest BCUT2D eigenvalue weighted by atomic mass is 35.7. The van der Waals surface area contributed by atoms with Crippen LogP contribution in [0.1, 0.15) is 26.7 Å². The molecule has 0 bridgehead atoms. The van der Waals surface area contributed by atoms with Crippen molar-refractivity contribution in [3.63, 3.8) is 0 Å². The summed E-state index contributed by atoms with van der Waals surface area (Å²) >= 11 is 0. The second-order valence-corrected chi connectivity index (χ2v) is 6.86. The molecule has 7 heteroatoms. The fraction of sp³-hybridized carbons (Fsp3) is 0.462. The smallest absolute Gasteiger partial charge is 0.261 e. The number of carbonyl (C=O) groups is 1. The van der Waals surface area contributed by atoms with Crippen LogP contribution in [0.25, 0.3) is 0 Å². The highest BCUT2D eigenvalue weighted by molar-refractivity contribution is 8.13. The lowest BCUT2D eigenvalue weighted by Gasteiger charge is -2.23. The zero-order valence-electron chi connectivity index (χ0n) is 11.7. The lowest BCUT2D eigenvalue weighted by atomic mass is 10.2. The van der Waals surface area contributed by atoms with Gasteiger partial charge in [0.25, 0.3) is 9.05 Å². The van der Waals surface area contributed by atoms with Crippen molar-refractivity contribution in [3.05, 3.63) is 18.2 Å². The van der Waals surface area contributed by atoms with E-state index in [2.05, 4.69) is 0 Å². The van der Waals surface area contributed by atoms with Gasteiger partial charge in [0, 0.05) is 24.2 Å². The Labute approximate surface area is 123 Å². The van der Waals surface area contributed by atoms with E-state index in [1.807, 2.05) is 6.92 Å². The van der Waals surface area contributed by atoms with Crippen molar-refractivity contribution in [1.82, 2.24) is 0 Å². The molecule has 0 heterocycles. The van der Waals surface area contributed by atoms with Crippen molar-refractivity contribution < 1.29 is 17.9 Å². The second-order valence-electron chi connectivity index (χ2n) is 4.30. The lowest BCUT2D eigenvalue weighted by molar-refractivity contribution is -0.116. The molecule has 5 nitrogen and oxygen atoms in total. The minimum absolute atomic E-state index is 0.0577. The van der Waals surface area contributed by atoms with Crippen LogP contribution in [0.5, 0.6) is 5.75 Å². The number of carbonyl (C=O) groups excluding carboxylic acids is 1. The number of benzene rings is 1. The summed E-state index contributed by atoms with van der Waals surface area (Å²) in [4.78, 5) is 13.2. The zero-order chi connectivity index (χ0) is 15.3. The Morgan fingerprint density at radius 3 is 2.50 bits per heavy atom. The van der Waals surface area contributed by atoms with E-state index in [0.29, 0.717) is 18.0 Å². The standard InChI is InChI=1S/C13H18ClNO4S/c1-4-5-8-15(10(2)16)12-9-11(20(14,17)18)6-7-13(12)19-3/h6-7,9H,4-5,8H2,1-3H3. The van der Waals surface area contributed by atoms with Crippen LogP contribution in [-0.4, -0.2) is 28.0 Å². The Bertz CT molecular complexity index is 586. The topological polar surface area (TPSA) is 63.7 Å². The van der Waals surface area contributed by atoms with Gasteiger partial charge in [-0.05, 0) is 24.6 Å². The van der Waals surface area contributed by atoms with Gasteiger partial charge in [-0.2, -0.15) is 0 Å². The molecule has 0 N–H and O–H groups in total. The van der Waals surface area contributed by atoms with Crippen LogP contribution >= 0.6 is 10.7 Å². The molecule has 0 saturated carbocycles. The minimum atomic E-state index is -3.85. The van der Waals surface area contributed by atoms with E-state index in [4.69, 9.17) is 15.4 Å². The van der Waals surface area contributed by atoms with Gasteiger partial charge >= 0.3 is 0 Å². The lowest BCUT2D eigenvalue weighted by Crippen LogP contribution is -2.30. The molecular weight excluding hydrogens is 302 g/mol. The summed E-state index contributed by atoms with van der Waals surface area (Å²) in [6, 6.07) is 4.20. The first-order valence-electron chi connectivity index (χ1n) is 6.22. The number of methoxy groups -OCH3 is 1. The van der Waals surface area contributed by atoms with Crippen molar-refractivity contribution >= 4 is 31.3 Å². The number of ether oxygens (including phenoxy) is 1. The van der Waals surface area contributed by atoms with E-state index in [1.54, 1.807) is 0 Å². The molecule has 0 aliphatic carbocycles. The third kappa shape index (κ3) is 4.11. The summed E-state index contributed by atoms with van der Waals surface area (Å²) < 4.78 is 28.0. The molecule has 0 spiro atoms. The van der Waals surface area contributed by atoms with Crippen LogP contribution in [0.15, 0.2) is 23.1 Å². The average molecular weight is 320 g/mol. The van der Waals surface area contributed by atoms with Gasteiger partial charge in [-0.25, -0.2) is 8.42 Å². The van der Waals surface area contributed by atoms with Crippen LogP contribution in [-0.2, 0) is 13.8 Å². The zero-order valence-corrected chi connectivity index (χ0v) is 13.3. The molecule has 20 heavy (non-hydrogen) atoms. The quantitative estimate of drug-likeness (QED) is 0.756. The van der Waals surface area contributed by atoms with E-state index in [0.717, 1.165) is 12.8 Å². The number of hydrogen-bond acceptors (Lipinski definition) is 4. The number of nitrogens with zero attached hydrogens (tertiary/aromatic N) is 1. The van der Waals surface area contributed by atoms with Gasteiger partial charge in [0.1, 0.15) is 5.75 Å². The molecule has 0 radical (unpaired) electrons. The van der Waals surface area contributed by atoms with Crippen LogP contribution in [0, 0.1) is 0 Å². The van der Waals surface area contributed by atoms with Crippen LogP contribution in [0.3, 0.4) is 0 Å². The van der Waals surface area contributed by atoms with Crippen LogP contribution < -0.4 is 9.64 Å². The third-order valence-electron chi connectivity index (χ3n) is 2.84. The first-order valence-corrected chi connectivity index (χ1v) is 8.53. The molecule has 0 unspecified atom stereocenters. The number of anilines is 1. The average Bonchev–Trinajstić information content (AvgIpc) is 2.37. The molecule has 0 fully saturated rings. The van der Waals surface area contributed by atoms with Crippen molar-refractivity contribution in [2.24, 2.45) is 0 Å². The summed E-state index contributed by atoms with van der Waals surface area (Å²) in [5.74, 6) is 0.251. The van der Waals surface area contributed by atoms with Crippen LogP contribution in [0.2, 0.25) is 0 Å². The molecule has 0 aliphatic rings. The van der Waals surface area contributed by atoms with E-state index < -0.39 is 9.05 Å². The third-order valence-corrected chi connectivity index (χ3v) is 4.19. The number of unbranched alkanes of at least 4 members (excludes halogenated alkanes) is 1. The molecule has 1 aromatic carbocycles. The molecule has 1 rings (SSSR count). The summed E-state index contributed by atoms with van der Waals surface area (Å²) in [6.07, 6.45) is 1.72. The summed E-state index contributed by atoms with van der Waals surface area (Å²) in [6.45, 7) is 3.93. The highest BCUT2D eigenvalue weighted by Crippen LogP contribution is 2.32. The molecule has 0 aromatic heterocycles. The fourth-order valence-corrected chi connectivity index (χ4v) is 2.57. The fourth-order valence-electron chi connectivity index (χ4n) is 1.80. The Morgan fingerprint density at radius 2 is 2.05 bits per heavy atom. The Morgan fingerprint density at radius 1 is 1.40 bits per heavy atom. The van der Waals surface area contributed by atoms with Crippen molar-refractivity contribution in [2.75, 3.05) is 18.6 Å². The Hall–Kier alpha value is -1.27. The van der Waals surface area contributed by atoms with Crippen LogP contribution in [0.4, 0.5) is 5.69 Å². The van der Waals surface area contributed by atoms with Gasteiger partial charge < -0.3 is 9.64 Å². The predicted molar refractivity (Wildman–Crippen MR) is 79.0 cm³/mol. The highest BCUT2D eigenvalue weighted by Gasteiger charge is 2.19. The summed E-state index contributed by atoms with van der Waals surface area (Å²) in [5.41, 5.74) is 0.412. The number of halogens is 1. The molecular formula is C13H18ClNO4S. The summed E-state index contributed by atoms with van der Waals surface area (Å²) in [7, 11) is 2.96. The van der Waals surface area contributed by atoms with E-state index in [-0.39, 0.29) is 10.8 Å². The maximum Gasteiger partial charge on any atom is 0.261 e. The Kier molecular flexibility index (Phi) is 5.83. The molecule has 1 aromatic rings. The largest absolute Gasteiger partial charge is 0.495 e. The van der Waals surface area contributed by atoms with Gasteiger partial charge in [-0.1, -0.05) is 13.3 Å². The minimum Gasteiger partial charge on any atom is -0.495 e. The maximum atomic E-state index is 11.8. The Balaban J connectivity index is 3.33. The number of rotatable bonds is 6. The molecule has 0 atom stereocenters. The van der Waals surface area contributed by atoms with Crippen molar-refractivity contribution in [3.8, 4) is 5.75 Å². The maximum absolute atomic E-state index is 11.8. The van der Waals surface area contributed by atoms with E-state index >= 15 is 0 Å². The van der Waals surface area contributed by atoms with Gasteiger partial charge in [-0.15, -0.1) is 0 Å². The van der Waals surface area contributed by atoms with Crippen molar-refractivity contribution in [2.45, 2.75) is 31.6 Å². The van der Waals surface area contributed by atoms with Gasteiger partial charge in [0.05, 0.1) is 17.7 Å². The normalized spacial score (nSPS) is 11.2. The first-order chi connectivity index (χ1) is 9.31. The van der Waals surface area contributed by atoms with Gasteiger partial charge in [0.2, 0.25) is 5.91 Å². The molecule has 112 valence electrons. The van der Waals surface area contributed by atoms with E-state index in [9.17, 15) is 13.2 Å². The van der Waals surface area contributed by atoms with Gasteiger partial charge in [0.15, 0.2) is 0 Å². The molecule has 0 saturated heterocycles. The molecule has 0 aliphatic heterocycles. The van der Waals surface area contributed by atoms with Crippen molar-refractivity contribution in [1.29, 1.82) is 0 Å². The summed E-state index contributed by atoms with van der Waals surface area (Å²) in [5, 5.41) is 0. The van der Waals surface area contributed by atoms with E-state index in [1.165, 1.54) is 37.1 Å². The monoisotopic (exact) mass is 319 g/mol. The predicted octanol–water partition coefficient (Wildman–Crippen LogP) is 2.78. The number of amides is 1. The number of hydrogen-bond donors (Lipinski definition) is 0. The molecule has 1 amide bonds. The first kappa shape index (κ1) is 16.8. The SMILES string of the molecule is CCCCN(C(C)=O)c1cc(S(=O)(=O)Cl)ccc1OC.